The van der Waals surface area contributed by atoms with Crippen LogP contribution >= 0.6 is 0 Å². The number of nitrogens with one attached hydrogen (secondary N) is 1. The van der Waals surface area contributed by atoms with Crippen LogP contribution in [0.25, 0.3) is 0 Å². The number of benzene rings is 1. The zero-order valence-corrected chi connectivity index (χ0v) is 14.6. The van der Waals surface area contributed by atoms with E-state index in [9.17, 15) is 9.59 Å². The standard InChI is InChI=1S/C18H28N2O3/c1-14(2)9-11-19-18(22)13-20(15(3)21)12-10-16-5-7-17(23-4)8-6-16/h5-8,14H,9-13H2,1-4H3,(H,19,22). The van der Waals surface area contributed by atoms with Crippen LogP contribution in [0.15, 0.2) is 24.3 Å². The van der Waals surface area contributed by atoms with Crippen molar-refractivity contribution in [2.24, 2.45) is 5.92 Å². The lowest BCUT2D eigenvalue weighted by Crippen LogP contribution is -2.41. The van der Waals surface area contributed by atoms with Crippen molar-refractivity contribution in [1.82, 2.24) is 10.2 Å². The molecule has 5 nitrogen and oxygen atoms in total. The van der Waals surface area contributed by atoms with E-state index in [0.29, 0.717) is 25.4 Å². The Morgan fingerprint density at radius 2 is 1.87 bits per heavy atom. The molecule has 0 unspecified atom stereocenters. The SMILES string of the molecule is COc1ccc(CCN(CC(=O)NCCC(C)C)C(C)=O)cc1. The lowest BCUT2D eigenvalue weighted by molar-refractivity contribution is -0.134. The van der Waals surface area contributed by atoms with E-state index in [0.717, 1.165) is 17.7 Å². The predicted octanol–water partition coefficient (Wildman–Crippen LogP) is 2.25. The largest absolute Gasteiger partial charge is 0.497 e. The van der Waals surface area contributed by atoms with E-state index < -0.39 is 0 Å². The van der Waals surface area contributed by atoms with Crippen molar-refractivity contribution >= 4 is 11.8 Å². The highest BCUT2D eigenvalue weighted by atomic mass is 16.5. The molecule has 0 atom stereocenters. The Hall–Kier alpha value is -2.04. The maximum Gasteiger partial charge on any atom is 0.239 e. The average Bonchev–Trinajstić information content (AvgIpc) is 2.51. The number of nitrogens with zero attached hydrogens (tertiary/aromatic N) is 1. The van der Waals surface area contributed by atoms with Gasteiger partial charge in [0.2, 0.25) is 11.8 Å². The Morgan fingerprint density at radius 3 is 2.39 bits per heavy atom. The van der Waals surface area contributed by atoms with Crippen molar-refractivity contribution in [3.05, 3.63) is 29.8 Å². The van der Waals surface area contributed by atoms with E-state index in [1.54, 1.807) is 12.0 Å². The quantitative estimate of drug-likeness (QED) is 0.759. The van der Waals surface area contributed by atoms with E-state index in [1.807, 2.05) is 24.3 Å². The van der Waals surface area contributed by atoms with Crippen LogP contribution in [-0.4, -0.2) is 43.5 Å². The van der Waals surface area contributed by atoms with Crippen molar-refractivity contribution in [2.45, 2.75) is 33.6 Å². The number of ether oxygens (including phenoxy) is 1. The summed E-state index contributed by atoms with van der Waals surface area (Å²) >= 11 is 0. The molecular formula is C18H28N2O3. The number of hydrogen-bond donors (Lipinski definition) is 1. The molecule has 1 aromatic carbocycles. The van der Waals surface area contributed by atoms with Crippen LogP contribution in [0.1, 0.15) is 32.8 Å². The zero-order chi connectivity index (χ0) is 17.2. The Bertz CT molecular complexity index is 497. The second-order valence-corrected chi connectivity index (χ2v) is 6.07. The first kappa shape index (κ1) is 19.0. The molecule has 1 N–H and O–H groups in total. The van der Waals surface area contributed by atoms with Crippen molar-refractivity contribution in [2.75, 3.05) is 26.7 Å². The number of amides is 2. The van der Waals surface area contributed by atoms with Crippen LogP contribution in [0.4, 0.5) is 0 Å². The van der Waals surface area contributed by atoms with Gasteiger partial charge in [-0.2, -0.15) is 0 Å². The predicted molar refractivity (Wildman–Crippen MR) is 91.4 cm³/mol. The van der Waals surface area contributed by atoms with Crippen LogP contribution in [0.3, 0.4) is 0 Å². The van der Waals surface area contributed by atoms with Gasteiger partial charge in [-0.05, 0) is 36.5 Å². The number of hydrogen-bond acceptors (Lipinski definition) is 3. The summed E-state index contributed by atoms with van der Waals surface area (Å²) in [6.07, 6.45) is 1.65. The molecule has 0 aliphatic carbocycles. The Morgan fingerprint density at radius 1 is 1.22 bits per heavy atom. The van der Waals surface area contributed by atoms with Crippen molar-refractivity contribution < 1.29 is 14.3 Å². The van der Waals surface area contributed by atoms with Gasteiger partial charge in [0.15, 0.2) is 0 Å². The number of methoxy groups -OCH3 is 1. The van der Waals surface area contributed by atoms with Gasteiger partial charge in [0, 0.05) is 20.0 Å². The van der Waals surface area contributed by atoms with Crippen LogP contribution < -0.4 is 10.1 Å². The van der Waals surface area contributed by atoms with Crippen molar-refractivity contribution in [3.63, 3.8) is 0 Å². The lowest BCUT2D eigenvalue weighted by atomic mass is 10.1. The average molecular weight is 320 g/mol. The molecule has 5 heteroatoms. The minimum absolute atomic E-state index is 0.0856. The minimum atomic E-state index is -0.101. The monoisotopic (exact) mass is 320 g/mol. The molecule has 0 aromatic heterocycles. The molecule has 0 spiro atoms. The smallest absolute Gasteiger partial charge is 0.239 e. The van der Waals surface area contributed by atoms with Crippen molar-refractivity contribution in [1.29, 1.82) is 0 Å². The van der Waals surface area contributed by atoms with E-state index >= 15 is 0 Å². The summed E-state index contributed by atoms with van der Waals surface area (Å²) in [4.78, 5) is 25.2. The zero-order valence-electron chi connectivity index (χ0n) is 14.6. The maximum absolute atomic E-state index is 11.9. The van der Waals surface area contributed by atoms with Gasteiger partial charge < -0.3 is 15.0 Å². The Kier molecular flexibility index (Phi) is 8.16. The molecule has 0 fully saturated rings. The van der Waals surface area contributed by atoms with Gasteiger partial charge in [-0.15, -0.1) is 0 Å². The fourth-order valence-electron chi connectivity index (χ4n) is 2.13. The van der Waals surface area contributed by atoms with Gasteiger partial charge >= 0.3 is 0 Å². The topological polar surface area (TPSA) is 58.6 Å². The second-order valence-electron chi connectivity index (χ2n) is 6.07. The van der Waals surface area contributed by atoms with Crippen LogP contribution in [0, 0.1) is 5.92 Å². The normalized spacial score (nSPS) is 10.5. The molecule has 0 heterocycles. The summed E-state index contributed by atoms with van der Waals surface area (Å²) in [6.45, 7) is 7.02. The van der Waals surface area contributed by atoms with E-state index in [-0.39, 0.29) is 18.4 Å². The number of carbonyl (C=O) groups is 2. The highest BCUT2D eigenvalue weighted by molar-refractivity contribution is 5.83. The summed E-state index contributed by atoms with van der Waals surface area (Å²) in [7, 11) is 1.63. The van der Waals surface area contributed by atoms with Gasteiger partial charge in [-0.1, -0.05) is 26.0 Å². The lowest BCUT2D eigenvalue weighted by Gasteiger charge is -2.20. The van der Waals surface area contributed by atoms with E-state index in [4.69, 9.17) is 4.74 Å². The molecule has 0 aliphatic heterocycles. The van der Waals surface area contributed by atoms with Gasteiger partial charge in [0.25, 0.3) is 0 Å². The van der Waals surface area contributed by atoms with Crippen molar-refractivity contribution in [3.8, 4) is 5.75 Å². The first-order chi connectivity index (χ1) is 10.9. The fraction of sp³-hybridized carbons (Fsp3) is 0.556. The summed E-state index contributed by atoms with van der Waals surface area (Å²) < 4.78 is 5.12. The molecule has 1 rings (SSSR count). The number of carbonyl (C=O) groups excluding carboxylic acids is 2. The van der Waals surface area contributed by atoms with Crippen LogP contribution in [-0.2, 0) is 16.0 Å². The highest BCUT2D eigenvalue weighted by Crippen LogP contribution is 2.12. The molecule has 2 amide bonds. The molecule has 0 saturated carbocycles. The third-order valence-electron chi connectivity index (χ3n) is 3.65. The number of rotatable bonds is 9. The maximum atomic E-state index is 11.9. The second kappa shape index (κ2) is 9.87. The molecule has 0 bridgehead atoms. The third-order valence-corrected chi connectivity index (χ3v) is 3.65. The first-order valence-electron chi connectivity index (χ1n) is 8.07. The molecule has 1 aromatic rings. The summed E-state index contributed by atoms with van der Waals surface area (Å²) in [5.41, 5.74) is 1.11. The molecule has 0 aliphatic rings. The van der Waals surface area contributed by atoms with Gasteiger partial charge in [-0.25, -0.2) is 0 Å². The van der Waals surface area contributed by atoms with Gasteiger partial charge in [0.05, 0.1) is 13.7 Å². The van der Waals surface area contributed by atoms with Crippen LogP contribution in [0.5, 0.6) is 5.75 Å². The van der Waals surface area contributed by atoms with Gasteiger partial charge in [-0.3, -0.25) is 9.59 Å². The van der Waals surface area contributed by atoms with E-state index in [1.165, 1.54) is 6.92 Å². The van der Waals surface area contributed by atoms with E-state index in [2.05, 4.69) is 19.2 Å². The summed E-state index contributed by atoms with van der Waals surface area (Å²) in [5, 5.41) is 2.86. The third kappa shape index (κ3) is 7.68. The Balaban J connectivity index is 2.44. The van der Waals surface area contributed by atoms with Crippen LogP contribution in [0.2, 0.25) is 0 Å². The molecular weight excluding hydrogens is 292 g/mol. The summed E-state index contributed by atoms with van der Waals surface area (Å²) in [6, 6.07) is 7.73. The fourth-order valence-corrected chi connectivity index (χ4v) is 2.13. The Labute approximate surface area is 139 Å². The summed E-state index contributed by atoms with van der Waals surface area (Å²) in [5.74, 6) is 1.17. The molecule has 23 heavy (non-hydrogen) atoms. The highest BCUT2D eigenvalue weighted by Gasteiger charge is 2.13. The first-order valence-corrected chi connectivity index (χ1v) is 8.07. The molecule has 0 saturated heterocycles. The van der Waals surface area contributed by atoms with Gasteiger partial charge in [0.1, 0.15) is 5.75 Å². The minimum Gasteiger partial charge on any atom is -0.497 e. The molecule has 128 valence electrons. The molecule has 0 radical (unpaired) electrons.